The highest BCUT2D eigenvalue weighted by atomic mass is 35.5. The van der Waals surface area contributed by atoms with E-state index in [1.807, 2.05) is 0 Å². The largest absolute Gasteiger partial charge is 0.494 e. The second-order valence-electron chi connectivity index (χ2n) is 5.00. The Bertz CT molecular complexity index is 661. The molecule has 112 valence electrons. The molecule has 0 fully saturated rings. The number of ether oxygens (including phenoxy) is 1. The van der Waals surface area contributed by atoms with E-state index in [9.17, 15) is 4.39 Å². The van der Waals surface area contributed by atoms with E-state index in [4.69, 9.17) is 27.8 Å². The van der Waals surface area contributed by atoms with Crippen LogP contribution >= 0.6 is 11.6 Å². The molecule has 0 aliphatic carbocycles. The minimum atomic E-state index is -0.759. The first kappa shape index (κ1) is 15.7. The summed E-state index contributed by atoms with van der Waals surface area (Å²) in [6.45, 7) is 2.04. The highest BCUT2D eigenvalue weighted by Crippen LogP contribution is 2.32. The molecule has 1 unspecified atom stereocenters. The molecule has 1 aromatic carbocycles. The summed E-state index contributed by atoms with van der Waals surface area (Å²) in [6, 6.07) is 7.90. The van der Waals surface area contributed by atoms with Crippen LogP contribution < -0.4 is 16.2 Å². The summed E-state index contributed by atoms with van der Waals surface area (Å²) in [7, 11) is 1.54. The molecule has 1 heterocycles. The SMILES string of the molecule is COc1ccc(C(C)(N)CN)nc1-c1ccc(F)c(Cl)c1. The predicted octanol–water partition coefficient (Wildman–Crippen LogP) is 2.68. The van der Waals surface area contributed by atoms with Gasteiger partial charge in [0.1, 0.15) is 17.3 Å². The van der Waals surface area contributed by atoms with Gasteiger partial charge in [-0.25, -0.2) is 9.37 Å². The Kier molecular flexibility index (Phi) is 4.46. The van der Waals surface area contributed by atoms with Gasteiger partial charge in [0.15, 0.2) is 0 Å². The average molecular weight is 310 g/mol. The second kappa shape index (κ2) is 5.97. The summed E-state index contributed by atoms with van der Waals surface area (Å²) in [6.07, 6.45) is 0. The third-order valence-electron chi connectivity index (χ3n) is 3.28. The summed E-state index contributed by atoms with van der Waals surface area (Å²) in [5.74, 6) is 0.0652. The molecule has 0 amide bonds. The van der Waals surface area contributed by atoms with Gasteiger partial charge in [0, 0.05) is 12.1 Å². The van der Waals surface area contributed by atoms with Crippen molar-refractivity contribution in [3.63, 3.8) is 0 Å². The lowest BCUT2D eigenvalue weighted by atomic mass is 9.98. The maximum Gasteiger partial charge on any atom is 0.145 e. The fourth-order valence-electron chi connectivity index (χ4n) is 1.88. The number of aromatic nitrogens is 1. The van der Waals surface area contributed by atoms with Crippen molar-refractivity contribution in [3.05, 3.63) is 46.9 Å². The minimum absolute atomic E-state index is 0.0242. The monoisotopic (exact) mass is 309 g/mol. The Hall–Kier alpha value is -1.69. The third kappa shape index (κ3) is 3.15. The molecular weight excluding hydrogens is 293 g/mol. The quantitative estimate of drug-likeness (QED) is 0.910. The van der Waals surface area contributed by atoms with Crippen LogP contribution in [0.2, 0.25) is 5.02 Å². The zero-order chi connectivity index (χ0) is 15.6. The number of nitrogens with two attached hydrogens (primary N) is 2. The topological polar surface area (TPSA) is 74.2 Å². The lowest BCUT2D eigenvalue weighted by Gasteiger charge is -2.23. The summed E-state index contributed by atoms with van der Waals surface area (Å²) >= 11 is 5.83. The molecular formula is C15H17ClFN3O. The molecule has 4 nitrogen and oxygen atoms in total. The van der Waals surface area contributed by atoms with Gasteiger partial charge in [0.2, 0.25) is 0 Å². The van der Waals surface area contributed by atoms with Crippen molar-refractivity contribution >= 4 is 11.6 Å². The number of hydrogen-bond acceptors (Lipinski definition) is 4. The Balaban J connectivity index is 2.59. The van der Waals surface area contributed by atoms with Crippen molar-refractivity contribution < 1.29 is 9.13 Å². The van der Waals surface area contributed by atoms with Gasteiger partial charge in [-0.3, -0.25) is 0 Å². The van der Waals surface area contributed by atoms with Crippen molar-refractivity contribution in [2.75, 3.05) is 13.7 Å². The van der Waals surface area contributed by atoms with Crippen LogP contribution in [0.25, 0.3) is 11.3 Å². The second-order valence-corrected chi connectivity index (χ2v) is 5.41. The zero-order valence-electron chi connectivity index (χ0n) is 11.9. The first-order chi connectivity index (χ1) is 9.89. The van der Waals surface area contributed by atoms with Crippen LogP contribution in [0, 0.1) is 5.82 Å². The predicted molar refractivity (Wildman–Crippen MR) is 81.8 cm³/mol. The van der Waals surface area contributed by atoms with Gasteiger partial charge in [-0.15, -0.1) is 0 Å². The normalized spacial score (nSPS) is 13.8. The summed E-state index contributed by atoms with van der Waals surface area (Å²) in [4.78, 5) is 4.52. The van der Waals surface area contributed by atoms with Crippen LogP contribution in [0.5, 0.6) is 5.75 Å². The molecule has 2 rings (SSSR count). The van der Waals surface area contributed by atoms with Gasteiger partial charge >= 0.3 is 0 Å². The zero-order valence-corrected chi connectivity index (χ0v) is 12.6. The van der Waals surface area contributed by atoms with E-state index in [-0.39, 0.29) is 11.6 Å². The van der Waals surface area contributed by atoms with Crippen LogP contribution in [-0.4, -0.2) is 18.6 Å². The van der Waals surface area contributed by atoms with Crippen LogP contribution in [0.1, 0.15) is 12.6 Å². The van der Waals surface area contributed by atoms with Crippen molar-refractivity contribution in [1.29, 1.82) is 0 Å². The summed E-state index contributed by atoms with van der Waals surface area (Å²) < 4.78 is 18.6. The van der Waals surface area contributed by atoms with Gasteiger partial charge < -0.3 is 16.2 Å². The van der Waals surface area contributed by atoms with E-state index in [1.165, 1.54) is 19.2 Å². The molecule has 1 aromatic heterocycles. The van der Waals surface area contributed by atoms with Crippen LogP contribution in [0.15, 0.2) is 30.3 Å². The molecule has 4 N–H and O–H groups in total. The molecule has 1 atom stereocenters. The summed E-state index contributed by atoms with van der Waals surface area (Å²) in [5, 5.41) is 0.0242. The van der Waals surface area contributed by atoms with Gasteiger partial charge in [-0.05, 0) is 37.3 Å². The number of pyridine rings is 1. The van der Waals surface area contributed by atoms with E-state index in [1.54, 1.807) is 25.1 Å². The van der Waals surface area contributed by atoms with Crippen LogP contribution in [0.3, 0.4) is 0 Å². The molecule has 0 bridgehead atoms. The standard InChI is InChI=1S/C15H17ClFN3O/c1-15(19,8-18)13-6-5-12(21-2)14(20-13)9-3-4-11(17)10(16)7-9/h3-7H,8,18-19H2,1-2H3. The van der Waals surface area contributed by atoms with Crippen molar-refractivity contribution in [2.45, 2.75) is 12.5 Å². The lowest BCUT2D eigenvalue weighted by Crippen LogP contribution is -2.41. The number of methoxy groups -OCH3 is 1. The Morgan fingerprint density at radius 1 is 1.33 bits per heavy atom. The van der Waals surface area contributed by atoms with Crippen molar-refractivity contribution in [3.8, 4) is 17.0 Å². The van der Waals surface area contributed by atoms with Gasteiger partial charge in [0.25, 0.3) is 0 Å². The van der Waals surface area contributed by atoms with Crippen LogP contribution in [0.4, 0.5) is 4.39 Å². The van der Waals surface area contributed by atoms with Gasteiger partial charge in [-0.1, -0.05) is 11.6 Å². The number of hydrogen-bond donors (Lipinski definition) is 2. The first-order valence-corrected chi connectivity index (χ1v) is 6.76. The van der Waals surface area contributed by atoms with Gasteiger partial charge in [-0.2, -0.15) is 0 Å². The number of rotatable bonds is 4. The molecule has 0 spiro atoms. The molecule has 0 radical (unpaired) electrons. The molecule has 0 aliphatic heterocycles. The average Bonchev–Trinajstić information content (AvgIpc) is 2.49. The molecule has 0 aliphatic rings. The van der Waals surface area contributed by atoms with Gasteiger partial charge in [0.05, 0.1) is 23.4 Å². The number of benzene rings is 1. The van der Waals surface area contributed by atoms with Crippen LogP contribution in [-0.2, 0) is 5.54 Å². The molecule has 6 heteroatoms. The van der Waals surface area contributed by atoms with E-state index in [0.29, 0.717) is 22.7 Å². The highest BCUT2D eigenvalue weighted by Gasteiger charge is 2.23. The smallest absolute Gasteiger partial charge is 0.145 e. The maximum absolute atomic E-state index is 13.3. The van der Waals surface area contributed by atoms with E-state index < -0.39 is 11.4 Å². The minimum Gasteiger partial charge on any atom is -0.494 e. The molecule has 0 saturated carbocycles. The third-order valence-corrected chi connectivity index (χ3v) is 3.57. The van der Waals surface area contributed by atoms with Crippen molar-refractivity contribution in [1.82, 2.24) is 4.98 Å². The lowest BCUT2D eigenvalue weighted by molar-refractivity contribution is 0.412. The number of halogens is 2. The molecule has 0 saturated heterocycles. The fraction of sp³-hybridized carbons (Fsp3) is 0.267. The van der Waals surface area contributed by atoms with E-state index >= 15 is 0 Å². The van der Waals surface area contributed by atoms with E-state index in [0.717, 1.165) is 0 Å². The highest BCUT2D eigenvalue weighted by molar-refractivity contribution is 6.31. The van der Waals surface area contributed by atoms with E-state index in [2.05, 4.69) is 4.98 Å². The number of nitrogens with zero attached hydrogens (tertiary/aromatic N) is 1. The molecule has 2 aromatic rings. The Morgan fingerprint density at radius 3 is 2.62 bits per heavy atom. The molecule has 21 heavy (non-hydrogen) atoms. The Labute approximate surface area is 127 Å². The first-order valence-electron chi connectivity index (χ1n) is 6.39. The fourth-order valence-corrected chi connectivity index (χ4v) is 2.06. The summed E-state index contributed by atoms with van der Waals surface area (Å²) in [5.41, 5.74) is 12.8. The maximum atomic E-state index is 13.3. The van der Waals surface area contributed by atoms with Crippen molar-refractivity contribution in [2.24, 2.45) is 11.5 Å². The Morgan fingerprint density at radius 2 is 2.05 bits per heavy atom.